The second-order valence-electron chi connectivity index (χ2n) is 4.16. The molecule has 108 valence electrons. The summed E-state index contributed by atoms with van der Waals surface area (Å²) >= 11 is 5.28. The van der Waals surface area contributed by atoms with E-state index >= 15 is 0 Å². The molecule has 2 atom stereocenters. The molecule has 1 aromatic heterocycles. The van der Waals surface area contributed by atoms with Crippen molar-refractivity contribution < 1.29 is 14.9 Å². The van der Waals surface area contributed by atoms with Gasteiger partial charge < -0.3 is 4.52 Å². The first-order chi connectivity index (χ1) is 9.25. The normalized spacial score (nSPS) is 16.8. The van der Waals surface area contributed by atoms with E-state index in [9.17, 15) is 0 Å². The van der Waals surface area contributed by atoms with Gasteiger partial charge >= 0.3 is 6.72 Å². The summed E-state index contributed by atoms with van der Waals surface area (Å²) in [6, 6.07) is 1.68. The number of aromatic nitrogens is 2. The molecule has 0 aliphatic rings. The van der Waals surface area contributed by atoms with Crippen LogP contribution in [0.4, 0.5) is 0 Å². The molecule has 0 spiro atoms. The SMILES string of the molecule is [2H]C(C)OP(=S)(OCC)Oc1cc(C)nc(C(C)C)n1. The molecule has 0 aliphatic heterocycles. The molecule has 7 heteroatoms. The van der Waals surface area contributed by atoms with Crippen LogP contribution in [0.3, 0.4) is 0 Å². The van der Waals surface area contributed by atoms with Gasteiger partial charge in [0.1, 0.15) is 5.82 Å². The number of rotatable bonds is 7. The van der Waals surface area contributed by atoms with Crippen LogP contribution < -0.4 is 4.52 Å². The lowest BCUT2D eigenvalue weighted by molar-refractivity contribution is 0.215. The van der Waals surface area contributed by atoms with Crippen LogP contribution in [-0.4, -0.2) is 23.2 Å². The maximum atomic E-state index is 7.48. The third-order valence-corrected chi connectivity index (χ3v) is 4.34. The van der Waals surface area contributed by atoms with Crippen molar-refractivity contribution in [2.75, 3.05) is 13.2 Å². The molecule has 5 nitrogen and oxygen atoms in total. The Kier molecular flexibility index (Phi) is 5.70. The predicted molar refractivity (Wildman–Crippen MR) is 79.0 cm³/mol. The van der Waals surface area contributed by atoms with Gasteiger partial charge in [-0.05, 0) is 20.8 Å². The fraction of sp³-hybridized carbons (Fsp3) is 0.667. The van der Waals surface area contributed by atoms with Gasteiger partial charge in [0.15, 0.2) is 0 Å². The molecule has 1 aromatic rings. The Hall–Kier alpha value is -0.550. The molecule has 1 heterocycles. The third kappa shape index (κ3) is 5.15. The summed E-state index contributed by atoms with van der Waals surface area (Å²) in [5, 5.41) is 0. The molecule has 0 fully saturated rings. The monoisotopic (exact) mass is 305 g/mol. The molecule has 19 heavy (non-hydrogen) atoms. The van der Waals surface area contributed by atoms with E-state index in [0.717, 1.165) is 5.69 Å². The smallest absolute Gasteiger partial charge is 0.381 e. The molecule has 0 bridgehead atoms. The van der Waals surface area contributed by atoms with E-state index in [1.165, 1.54) is 0 Å². The summed E-state index contributed by atoms with van der Waals surface area (Å²) in [4.78, 5) is 8.65. The number of hydrogen-bond donors (Lipinski definition) is 0. The topological polar surface area (TPSA) is 53.5 Å². The molecule has 0 aromatic carbocycles. The van der Waals surface area contributed by atoms with E-state index in [1.807, 2.05) is 20.8 Å². The van der Waals surface area contributed by atoms with Crippen LogP contribution in [-0.2, 0) is 20.9 Å². The van der Waals surface area contributed by atoms with Crippen LogP contribution in [0.2, 0.25) is 0 Å². The first-order valence-electron chi connectivity index (χ1n) is 6.74. The third-order valence-electron chi connectivity index (χ3n) is 2.09. The van der Waals surface area contributed by atoms with Gasteiger partial charge in [-0.25, -0.2) is 4.98 Å². The van der Waals surface area contributed by atoms with Crippen molar-refractivity contribution in [1.82, 2.24) is 9.97 Å². The molecule has 0 saturated heterocycles. The van der Waals surface area contributed by atoms with Crippen molar-refractivity contribution in [3.63, 3.8) is 0 Å². The van der Waals surface area contributed by atoms with Gasteiger partial charge in [-0.15, -0.1) is 0 Å². The van der Waals surface area contributed by atoms with Gasteiger partial charge in [-0.2, -0.15) is 4.98 Å². The molecule has 1 rings (SSSR count). The molecule has 0 N–H and O–H groups in total. The highest BCUT2D eigenvalue weighted by Gasteiger charge is 2.22. The van der Waals surface area contributed by atoms with Crippen molar-refractivity contribution >= 4 is 18.5 Å². The Morgan fingerprint density at radius 3 is 2.58 bits per heavy atom. The van der Waals surface area contributed by atoms with Crippen LogP contribution >= 0.6 is 6.72 Å². The quantitative estimate of drug-likeness (QED) is 0.718. The minimum absolute atomic E-state index is 0.179. The van der Waals surface area contributed by atoms with Gasteiger partial charge in [0.25, 0.3) is 0 Å². The summed E-state index contributed by atoms with van der Waals surface area (Å²) in [6.07, 6.45) is 0. The first-order valence-corrected chi connectivity index (χ1v) is 8.71. The van der Waals surface area contributed by atoms with E-state index in [4.69, 9.17) is 26.7 Å². The van der Waals surface area contributed by atoms with Gasteiger partial charge in [-0.1, -0.05) is 13.8 Å². The van der Waals surface area contributed by atoms with Crippen molar-refractivity contribution in [2.24, 2.45) is 0 Å². The molecular formula is C12H21N2O3PS. The first kappa shape index (κ1) is 14.9. The zero-order valence-corrected chi connectivity index (χ0v) is 13.6. The van der Waals surface area contributed by atoms with E-state index in [0.29, 0.717) is 18.3 Å². The van der Waals surface area contributed by atoms with Crippen molar-refractivity contribution in [2.45, 2.75) is 40.5 Å². The Bertz CT molecular complexity index is 500. The largest absolute Gasteiger partial charge is 0.406 e. The lowest BCUT2D eigenvalue weighted by Gasteiger charge is -2.20. The maximum Gasteiger partial charge on any atom is 0.381 e. The highest BCUT2D eigenvalue weighted by molar-refractivity contribution is 8.07. The molecule has 0 radical (unpaired) electrons. The molecule has 0 amide bonds. The molecule has 0 aliphatic carbocycles. The zero-order valence-electron chi connectivity index (χ0n) is 12.9. The van der Waals surface area contributed by atoms with Gasteiger partial charge in [0.05, 0.1) is 14.6 Å². The zero-order chi connectivity index (χ0) is 15.3. The minimum atomic E-state index is -3.01. The Morgan fingerprint density at radius 2 is 2.05 bits per heavy atom. The second-order valence-corrected chi connectivity index (χ2v) is 7.05. The number of aryl methyl sites for hydroxylation is 1. The molecule has 2 unspecified atom stereocenters. The maximum absolute atomic E-state index is 7.48. The van der Waals surface area contributed by atoms with Crippen LogP contribution in [0.1, 0.15) is 46.5 Å². The van der Waals surface area contributed by atoms with Gasteiger partial charge in [-0.3, -0.25) is 9.05 Å². The summed E-state index contributed by atoms with van der Waals surface area (Å²) in [6.45, 7) is 5.74. The summed E-state index contributed by atoms with van der Waals surface area (Å²) in [5.74, 6) is 1.19. The minimum Gasteiger partial charge on any atom is -0.406 e. The number of hydrogen-bond acceptors (Lipinski definition) is 6. The Balaban J connectivity index is 3.02. The summed E-state index contributed by atoms with van der Waals surface area (Å²) in [7, 11) is 0. The highest BCUT2D eigenvalue weighted by atomic mass is 32.5. The van der Waals surface area contributed by atoms with Crippen LogP contribution in [0.25, 0.3) is 0 Å². The average Bonchev–Trinajstić information content (AvgIpc) is 2.26. The molecular weight excluding hydrogens is 283 g/mol. The average molecular weight is 305 g/mol. The van der Waals surface area contributed by atoms with Crippen LogP contribution in [0, 0.1) is 6.92 Å². The van der Waals surface area contributed by atoms with E-state index in [-0.39, 0.29) is 5.92 Å². The van der Waals surface area contributed by atoms with Crippen molar-refractivity contribution in [3.8, 4) is 5.88 Å². The summed E-state index contributed by atoms with van der Waals surface area (Å²) < 4.78 is 23.8. The fourth-order valence-corrected chi connectivity index (χ4v) is 3.20. The highest BCUT2D eigenvalue weighted by Crippen LogP contribution is 2.49. The van der Waals surface area contributed by atoms with Crippen molar-refractivity contribution in [1.29, 1.82) is 0 Å². The van der Waals surface area contributed by atoms with Gasteiger partial charge in [0.2, 0.25) is 5.88 Å². The van der Waals surface area contributed by atoms with Crippen LogP contribution in [0.5, 0.6) is 5.88 Å². The Morgan fingerprint density at radius 1 is 1.37 bits per heavy atom. The van der Waals surface area contributed by atoms with E-state index < -0.39 is 13.3 Å². The van der Waals surface area contributed by atoms with E-state index in [2.05, 4.69) is 9.97 Å². The lowest BCUT2D eigenvalue weighted by atomic mass is 10.2. The summed E-state index contributed by atoms with van der Waals surface area (Å²) in [5.41, 5.74) is 0.788. The van der Waals surface area contributed by atoms with E-state index in [1.54, 1.807) is 19.9 Å². The van der Waals surface area contributed by atoms with Crippen LogP contribution in [0.15, 0.2) is 6.07 Å². The Labute approximate surface area is 121 Å². The number of nitrogens with zero attached hydrogens (tertiary/aromatic N) is 2. The fourth-order valence-electron chi connectivity index (χ4n) is 1.35. The molecule has 0 saturated carbocycles. The predicted octanol–water partition coefficient (Wildman–Crippen LogP) is 3.58. The van der Waals surface area contributed by atoms with Gasteiger partial charge in [0, 0.05) is 29.5 Å². The van der Waals surface area contributed by atoms with Crippen molar-refractivity contribution in [3.05, 3.63) is 17.6 Å². The lowest BCUT2D eigenvalue weighted by Crippen LogP contribution is -2.06. The standard InChI is InChI=1S/C12H21N2O3PS/c1-6-15-18(19,16-7-2)17-11-8-10(5)13-12(14-11)9(3)4/h8-9H,6-7H2,1-5H3/i6D. The second kappa shape index (κ2) is 7.29.